The van der Waals surface area contributed by atoms with Crippen molar-refractivity contribution in [2.45, 2.75) is 25.2 Å². The summed E-state index contributed by atoms with van der Waals surface area (Å²) in [5.41, 5.74) is 0. The van der Waals surface area contributed by atoms with Gasteiger partial charge >= 0.3 is 0 Å². The molecular weight excluding hydrogens is 246 g/mol. The molecule has 6 heteroatoms. The molecule has 0 heterocycles. The molecular formula is C10H18ClN3OS. The molecule has 0 aliphatic rings. The fraction of sp³-hybridized carbons (Fsp3) is 0.600. The quantitative estimate of drug-likeness (QED) is 0.540. The highest BCUT2D eigenvalue weighted by molar-refractivity contribution is 7.97. The zero-order valence-corrected chi connectivity index (χ0v) is 11.2. The highest BCUT2D eigenvalue weighted by atomic mass is 35.5. The smallest absolute Gasteiger partial charge is 0.0898 e. The molecule has 2 unspecified atom stereocenters. The van der Waals surface area contributed by atoms with E-state index in [2.05, 4.69) is 16.7 Å². The van der Waals surface area contributed by atoms with E-state index in [-0.39, 0.29) is 11.4 Å². The third-order valence-electron chi connectivity index (χ3n) is 1.83. The number of ether oxygens (including phenoxy) is 1. The van der Waals surface area contributed by atoms with Crippen LogP contribution in [0.25, 0.3) is 0 Å². The summed E-state index contributed by atoms with van der Waals surface area (Å²) in [7, 11) is 0. The lowest BCUT2D eigenvalue weighted by molar-refractivity contribution is 0.0709. The lowest BCUT2D eigenvalue weighted by Gasteiger charge is -2.19. The second kappa shape index (κ2) is 9.84. The van der Waals surface area contributed by atoms with Crippen LogP contribution >= 0.6 is 23.5 Å². The minimum atomic E-state index is -0.00240. The van der Waals surface area contributed by atoms with Crippen LogP contribution in [0.5, 0.6) is 0 Å². The van der Waals surface area contributed by atoms with E-state index in [0.29, 0.717) is 18.2 Å². The topological polar surface area (TPSA) is 60.0 Å². The van der Waals surface area contributed by atoms with Gasteiger partial charge in [-0.2, -0.15) is 0 Å². The van der Waals surface area contributed by atoms with Crippen molar-refractivity contribution >= 4 is 36.5 Å². The first kappa shape index (κ1) is 15.6. The summed E-state index contributed by atoms with van der Waals surface area (Å²) in [6, 6.07) is 0. The number of hydrogen-bond donors (Lipinski definition) is 1. The van der Waals surface area contributed by atoms with E-state index < -0.39 is 0 Å². The van der Waals surface area contributed by atoms with Crippen LogP contribution in [0.1, 0.15) is 13.8 Å². The SMILES string of the molecule is C=N/C=C(/Cl)C=NCC(OCC)C(C)SN. The number of aliphatic imine (C=N–C) groups is 2. The van der Waals surface area contributed by atoms with Crippen LogP contribution in [0.15, 0.2) is 21.2 Å². The Morgan fingerprint density at radius 1 is 1.69 bits per heavy atom. The summed E-state index contributed by atoms with van der Waals surface area (Å²) in [5, 5.41) is 6.14. The molecule has 0 saturated heterocycles. The molecule has 0 bridgehead atoms. The first-order chi connectivity index (χ1) is 7.65. The van der Waals surface area contributed by atoms with Crippen molar-refractivity contribution in [1.82, 2.24) is 0 Å². The Hall–Kier alpha value is -0.360. The average Bonchev–Trinajstić information content (AvgIpc) is 2.27. The summed E-state index contributed by atoms with van der Waals surface area (Å²) in [4.78, 5) is 7.70. The van der Waals surface area contributed by atoms with Gasteiger partial charge in [0.05, 0.1) is 17.7 Å². The molecule has 0 radical (unpaired) electrons. The number of rotatable bonds is 8. The van der Waals surface area contributed by atoms with Crippen LogP contribution < -0.4 is 5.14 Å². The maximum absolute atomic E-state index is 5.76. The lowest BCUT2D eigenvalue weighted by atomic mass is 10.3. The molecule has 0 aromatic rings. The maximum atomic E-state index is 5.76. The van der Waals surface area contributed by atoms with Gasteiger partial charge in [0.2, 0.25) is 0 Å². The molecule has 0 fully saturated rings. The monoisotopic (exact) mass is 263 g/mol. The van der Waals surface area contributed by atoms with E-state index in [1.807, 2.05) is 13.8 Å². The number of allylic oxidation sites excluding steroid dienone is 1. The van der Waals surface area contributed by atoms with Gasteiger partial charge in [-0.3, -0.25) is 15.1 Å². The predicted molar refractivity (Wildman–Crippen MR) is 73.5 cm³/mol. The molecule has 0 aliphatic heterocycles. The van der Waals surface area contributed by atoms with Crippen molar-refractivity contribution in [3.63, 3.8) is 0 Å². The van der Waals surface area contributed by atoms with Gasteiger partial charge < -0.3 is 4.74 Å². The van der Waals surface area contributed by atoms with Crippen molar-refractivity contribution in [2.24, 2.45) is 15.1 Å². The Bertz CT molecular complexity index is 258. The summed E-state index contributed by atoms with van der Waals surface area (Å²) in [6.45, 7) is 8.41. The maximum Gasteiger partial charge on any atom is 0.0898 e. The fourth-order valence-electron chi connectivity index (χ4n) is 1.00. The van der Waals surface area contributed by atoms with Crippen molar-refractivity contribution < 1.29 is 4.74 Å². The normalized spacial score (nSPS) is 16.4. The van der Waals surface area contributed by atoms with Gasteiger partial charge in [0, 0.05) is 24.3 Å². The molecule has 2 atom stereocenters. The molecule has 2 N–H and O–H groups in total. The Labute approximate surface area is 106 Å². The molecule has 0 aromatic heterocycles. The Balaban J connectivity index is 4.20. The third kappa shape index (κ3) is 7.00. The van der Waals surface area contributed by atoms with E-state index in [4.69, 9.17) is 21.5 Å². The van der Waals surface area contributed by atoms with Crippen molar-refractivity contribution in [2.75, 3.05) is 13.2 Å². The molecule has 0 aliphatic carbocycles. The van der Waals surface area contributed by atoms with Crippen LogP contribution in [0.4, 0.5) is 0 Å². The summed E-state index contributed by atoms with van der Waals surface area (Å²) in [6.07, 6.45) is 2.97. The third-order valence-corrected chi connectivity index (χ3v) is 2.76. The Morgan fingerprint density at radius 2 is 2.38 bits per heavy atom. The molecule has 16 heavy (non-hydrogen) atoms. The minimum absolute atomic E-state index is 0.00240. The van der Waals surface area contributed by atoms with Crippen LogP contribution in [0, 0.1) is 0 Å². The highest BCUT2D eigenvalue weighted by Gasteiger charge is 2.15. The zero-order valence-electron chi connectivity index (χ0n) is 9.60. The lowest BCUT2D eigenvalue weighted by Crippen LogP contribution is -2.28. The Kier molecular flexibility index (Phi) is 9.62. The van der Waals surface area contributed by atoms with E-state index in [1.54, 1.807) is 0 Å². The second-order valence-corrected chi connectivity index (χ2v) is 4.48. The number of hydrogen-bond acceptors (Lipinski definition) is 5. The first-order valence-electron chi connectivity index (χ1n) is 4.94. The highest BCUT2D eigenvalue weighted by Crippen LogP contribution is 2.11. The fourth-order valence-corrected chi connectivity index (χ4v) is 1.48. The molecule has 0 spiro atoms. The van der Waals surface area contributed by atoms with Gasteiger partial charge in [-0.15, -0.1) is 0 Å². The number of nitrogens with zero attached hydrogens (tertiary/aromatic N) is 2. The van der Waals surface area contributed by atoms with Gasteiger partial charge in [-0.05, 0) is 20.6 Å². The largest absolute Gasteiger partial charge is 0.375 e. The van der Waals surface area contributed by atoms with Gasteiger partial charge in [0.1, 0.15) is 0 Å². The first-order valence-corrected chi connectivity index (χ1v) is 6.26. The van der Waals surface area contributed by atoms with Crippen LogP contribution in [0.3, 0.4) is 0 Å². The van der Waals surface area contributed by atoms with Crippen LogP contribution in [0.2, 0.25) is 0 Å². The number of halogens is 1. The van der Waals surface area contributed by atoms with Crippen molar-refractivity contribution in [3.8, 4) is 0 Å². The summed E-state index contributed by atoms with van der Waals surface area (Å²) in [5.74, 6) is 0. The molecule has 0 rings (SSSR count). The molecule has 0 amide bonds. The Morgan fingerprint density at radius 3 is 2.88 bits per heavy atom. The van der Waals surface area contributed by atoms with Crippen LogP contribution in [-0.2, 0) is 4.74 Å². The summed E-state index contributed by atoms with van der Waals surface area (Å²) < 4.78 is 5.52. The zero-order chi connectivity index (χ0) is 12.4. The average molecular weight is 264 g/mol. The van der Waals surface area contributed by atoms with E-state index in [9.17, 15) is 0 Å². The minimum Gasteiger partial charge on any atom is -0.375 e. The van der Waals surface area contributed by atoms with E-state index in [1.165, 1.54) is 24.4 Å². The second-order valence-electron chi connectivity index (χ2n) is 3.03. The van der Waals surface area contributed by atoms with Crippen LogP contribution in [-0.4, -0.2) is 37.4 Å². The van der Waals surface area contributed by atoms with Crippen molar-refractivity contribution in [1.29, 1.82) is 0 Å². The summed E-state index contributed by atoms with van der Waals surface area (Å²) >= 11 is 7.03. The van der Waals surface area contributed by atoms with Crippen molar-refractivity contribution in [3.05, 3.63) is 11.2 Å². The van der Waals surface area contributed by atoms with Gasteiger partial charge in [-0.25, -0.2) is 0 Å². The molecule has 4 nitrogen and oxygen atoms in total. The van der Waals surface area contributed by atoms with Gasteiger partial charge in [-0.1, -0.05) is 23.5 Å². The standard InChI is InChI=1S/C10H18ClN3OS/c1-4-15-10(8(2)16-12)7-14-6-9(11)5-13-3/h5-6,8,10H,3-4,7,12H2,1-2H3/b9-5+,14-6?. The van der Waals surface area contributed by atoms with Gasteiger partial charge in [0.15, 0.2) is 0 Å². The number of nitrogens with two attached hydrogens (primary N) is 1. The van der Waals surface area contributed by atoms with Gasteiger partial charge in [0.25, 0.3) is 0 Å². The predicted octanol–water partition coefficient (Wildman–Crippen LogP) is 2.24. The molecule has 0 saturated carbocycles. The molecule has 92 valence electrons. The molecule has 0 aromatic carbocycles. The van der Waals surface area contributed by atoms with E-state index in [0.717, 1.165) is 0 Å². The van der Waals surface area contributed by atoms with E-state index >= 15 is 0 Å².